The second-order valence-electron chi connectivity index (χ2n) is 9.34. The fraction of sp³-hybridized carbons (Fsp3) is 0.207. The van der Waals surface area contributed by atoms with E-state index in [1.165, 1.54) is 5.56 Å². The van der Waals surface area contributed by atoms with Gasteiger partial charge in [0.1, 0.15) is 22.7 Å². The first-order chi connectivity index (χ1) is 18.6. The van der Waals surface area contributed by atoms with Crippen LogP contribution in [0.1, 0.15) is 27.3 Å². The van der Waals surface area contributed by atoms with E-state index in [0.717, 1.165) is 22.3 Å². The number of pyridine rings is 1. The van der Waals surface area contributed by atoms with Crippen LogP contribution in [0.2, 0.25) is 5.02 Å². The molecule has 6 rings (SSSR count). The highest BCUT2D eigenvalue weighted by Gasteiger charge is 2.28. The molecular formula is C29H25ClN6O2. The first-order valence-corrected chi connectivity index (χ1v) is 12.9. The van der Waals surface area contributed by atoms with Crippen LogP contribution >= 0.6 is 11.6 Å². The Hall–Kier alpha value is -4.30. The van der Waals surface area contributed by atoms with Crippen molar-refractivity contribution in [2.45, 2.75) is 13.3 Å². The molecule has 1 fully saturated rings. The Morgan fingerprint density at radius 3 is 2.50 bits per heavy atom. The molecule has 5 aromatic rings. The van der Waals surface area contributed by atoms with Crippen LogP contribution in [0.25, 0.3) is 22.4 Å². The summed E-state index contributed by atoms with van der Waals surface area (Å²) in [6.07, 6.45) is 4.04. The molecule has 1 saturated heterocycles. The molecule has 38 heavy (non-hydrogen) atoms. The van der Waals surface area contributed by atoms with Gasteiger partial charge in [-0.05, 0) is 36.8 Å². The lowest BCUT2D eigenvalue weighted by atomic mass is 10.1. The van der Waals surface area contributed by atoms with Crippen molar-refractivity contribution in [2.24, 2.45) is 0 Å². The largest absolute Gasteiger partial charge is 0.352 e. The van der Waals surface area contributed by atoms with E-state index >= 15 is 0 Å². The van der Waals surface area contributed by atoms with Gasteiger partial charge in [-0.3, -0.25) is 9.78 Å². The maximum absolute atomic E-state index is 13.1. The molecule has 0 aliphatic carbocycles. The SMILES string of the molecule is Cc1ccc(Cc2nc(N3CCN(C(=O)c4ccccc4Cl)CC3)c3c(-c4cccnc4)noc3n2)cc1. The number of aryl methyl sites for hydroxylation is 1. The molecule has 4 heterocycles. The molecule has 2 aromatic carbocycles. The van der Waals surface area contributed by atoms with Crippen molar-refractivity contribution in [3.8, 4) is 11.3 Å². The number of carbonyl (C=O) groups excluding carboxylic acids is 1. The molecule has 3 aromatic heterocycles. The topological polar surface area (TPSA) is 88.3 Å². The zero-order valence-corrected chi connectivity index (χ0v) is 21.6. The highest BCUT2D eigenvalue weighted by molar-refractivity contribution is 6.33. The third-order valence-corrected chi connectivity index (χ3v) is 7.08. The molecule has 0 N–H and O–H groups in total. The summed E-state index contributed by atoms with van der Waals surface area (Å²) in [5.74, 6) is 1.34. The monoisotopic (exact) mass is 524 g/mol. The van der Waals surface area contributed by atoms with E-state index in [-0.39, 0.29) is 5.91 Å². The van der Waals surface area contributed by atoms with Gasteiger partial charge >= 0.3 is 0 Å². The average Bonchev–Trinajstić information content (AvgIpc) is 3.38. The predicted octanol–water partition coefficient (Wildman–Crippen LogP) is 5.19. The van der Waals surface area contributed by atoms with Crippen LogP contribution in [0, 0.1) is 6.92 Å². The highest BCUT2D eigenvalue weighted by atomic mass is 35.5. The minimum atomic E-state index is -0.0656. The Balaban J connectivity index is 1.34. The number of anilines is 1. The maximum atomic E-state index is 13.1. The normalized spacial score (nSPS) is 13.7. The van der Waals surface area contributed by atoms with Gasteiger partial charge in [-0.2, -0.15) is 4.98 Å². The molecular weight excluding hydrogens is 500 g/mol. The lowest BCUT2D eigenvalue weighted by Crippen LogP contribution is -2.49. The minimum Gasteiger partial charge on any atom is -0.352 e. The van der Waals surface area contributed by atoms with Gasteiger partial charge in [-0.1, -0.05) is 58.7 Å². The predicted molar refractivity (Wildman–Crippen MR) is 146 cm³/mol. The van der Waals surface area contributed by atoms with E-state index in [1.807, 2.05) is 29.2 Å². The number of piperazine rings is 1. The summed E-state index contributed by atoms with van der Waals surface area (Å²) in [5, 5.41) is 5.56. The van der Waals surface area contributed by atoms with Gasteiger partial charge in [0, 0.05) is 50.6 Å². The molecule has 9 heteroatoms. The smallest absolute Gasteiger partial charge is 0.263 e. The van der Waals surface area contributed by atoms with E-state index in [2.05, 4.69) is 46.2 Å². The molecule has 0 spiro atoms. The average molecular weight is 525 g/mol. The Morgan fingerprint density at radius 1 is 0.974 bits per heavy atom. The van der Waals surface area contributed by atoms with Crippen LogP contribution in [0.15, 0.2) is 77.6 Å². The van der Waals surface area contributed by atoms with E-state index in [4.69, 9.17) is 26.1 Å². The first kappa shape index (κ1) is 24.1. The number of hydrogen-bond acceptors (Lipinski definition) is 7. The van der Waals surface area contributed by atoms with Crippen LogP contribution in [0.5, 0.6) is 0 Å². The standard InChI is InChI=1S/C29H25ClN6O2/c1-19-8-10-20(11-9-19)17-24-32-27(25-26(34-38-28(25)33-24)21-5-4-12-31-18-21)35-13-15-36(16-14-35)29(37)22-6-2-3-7-23(22)30/h2-12,18H,13-17H2,1H3. The number of fused-ring (bicyclic) bond motifs is 1. The van der Waals surface area contributed by atoms with Crippen molar-refractivity contribution in [2.75, 3.05) is 31.1 Å². The van der Waals surface area contributed by atoms with Crippen LogP contribution in [-0.4, -0.2) is 57.1 Å². The fourth-order valence-corrected chi connectivity index (χ4v) is 4.92. The third kappa shape index (κ3) is 4.70. The van der Waals surface area contributed by atoms with E-state index in [1.54, 1.807) is 24.5 Å². The Labute approximate surface area is 224 Å². The molecule has 190 valence electrons. The van der Waals surface area contributed by atoms with Crippen LogP contribution in [0.3, 0.4) is 0 Å². The molecule has 0 atom stereocenters. The second kappa shape index (κ2) is 10.2. The maximum Gasteiger partial charge on any atom is 0.263 e. The van der Waals surface area contributed by atoms with Gasteiger partial charge in [-0.25, -0.2) is 4.98 Å². The van der Waals surface area contributed by atoms with Crippen molar-refractivity contribution in [3.63, 3.8) is 0 Å². The van der Waals surface area contributed by atoms with Gasteiger partial charge in [-0.15, -0.1) is 0 Å². The quantitative estimate of drug-likeness (QED) is 0.312. The zero-order chi connectivity index (χ0) is 26.1. The Morgan fingerprint density at radius 2 is 1.76 bits per heavy atom. The third-order valence-electron chi connectivity index (χ3n) is 6.75. The van der Waals surface area contributed by atoms with Crippen molar-refractivity contribution in [3.05, 3.63) is 101 Å². The molecule has 0 bridgehead atoms. The summed E-state index contributed by atoms with van der Waals surface area (Å²) in [4.78, 5) is 31.1. The number of rotatable bonds is 5. The van der Waals surface area contributed by atoms with Crippen molar-refractivity contribution < 1.29 is 9.32 Å². The number of amides is 1. The number of hydrogen-bond donors (Lipinski definition) is 0. The lowest BCUT2D eigenvalue weighted by molar-refractivity contribution is 0.0746. The summed E-state index contributed by atoms with van der Waals surface area (Å²) in [7, 11) is 0. The summed E-state index contributed by atoms with van der Waals surface area (Å²) in [6, 6.07) is 19.3. The van der Waals surface area contributed by atoms with E-state index in [0.29, 0.717) is 60.4 Å². The van der Waals surface area contributed by atoms with Crippen LogP contribution in [-0.2, 0) is 6.42 Å². The zero-order valence-electron chi connectivity index (χ0n) is 20.8. The summed E-state index contributed by atoms with van der Waals surface area (Å²) >= 11 is 6.29. The molecule has 0 saturated carbocycles. The summed E-state index contributed by atoms with van der Waals surface area (Å²) < 4.78 is 5.73. The van der Waals surface area contributed by atoms with Crippen molar-refractivity contribution >= 4 is 34.4 Å². The Kier molecular flexibility index (Phi) is 6.47. The van der Waals surface area contributed by atoms with E-state index in [9.17, 15) is 4.79 Å². The van der Waals surface area contributed by atoms with Gasteiger partial charge in [0.05, 0.1) is 10.6 Å². The van der Waals surface area contributed by atoms with Gasteiger partial charge < -0.3 is 14.3 Å². The number of benzene rings is 2. The van der Waals surface area contributed by atoms with Crippen molar-refractivity contribution in [1.82, 2.24) is 25.0 Å². The van der Waals surface area contributed by atoms with Gasteiger partial charge in [0.2, 0.25) is 0 Å². The van der Waals surface area contributed by atoms with Gasteiger partial charge in [0.15, 0.2) is 0 Å². The van der Waals surface area contributed by atoms with Crippen LogP contribution in [0.4, 0.5) is 5.82 Å². The molecule has 1 aliphatic heterocycles. The molecule has 0 radical (unpaired) electrons. The van der Waals surface area contributed by atoms with Crippen molar-refractivity contribution in [1.29, 1.82) is 0 Å². The number of nitrogens with zero attached hydrogens (tertiary/aromatic N) is 6. The van der Waals surface area contributed by atoms with Gasteiger partial charge in [0.25, 0.3) is 11.6 Å². The summed E-state index contributed by atoms with van der Waals surface area (Å²) in [6.45, 7) is 4.34. The second-order valence-corrected chi connectivity index (χ2v) is 9.75. The van der Waals surface area contributed by atoms with Crippen LogP contribution < -0.4 is 4.90 Å². The molecule has 0 unspecified atom stereocenters. The highest BCUT2D eigenvalue weighted by Crippen LogP contribution is 2.34. The summed E-state index contributed by atoms with van der Waals surface area (Å²) in [5.41, 5.74) is 4.75. The number of aromatic nitrogens is 4. The minimum absolute atomic E-state index is 0.0656. The number of halogens is 1. The molecule has 8 nitrogen and oxygen atoms in total. The Bertz CT molecular complexity index is 1600. The molecule has 1 aliphatic rings. The van der Waals surface area contributed by atoms with E-state index < -0.39 is 0 Å². The number of carbonyl (C=O) groups is 1. The fourth-order valence-electron chi connectivity index (χ4n) is 4.70. The first-order valence-electron chi connectivity index (χ1n) is 12.5. The molecule has 1 amide bonds. The lowest BCUT2D eigenvalue weighted by Gasteiger charge is -2.35.